The summed E-state index contributed by atoms with van der Waals surface area (Å²) in [6, 6.07) is 3.50. The molecule has 0 saturated carbocycles. The van der Waals surface area contributed by atoms with Crippen molar-refractivity contribution < 1.29 is 21.9 Å². The third kappa shape index (κ3) is 2.18. The summed E-state index contributed by atoms with van der Waals surface area (Å²) in [6.45, 7) is 0. The Morgan fingerprint density at radius 1 is 1.41 bits per heavy atom. The predicted molar refractivity (Wildman–Crippen MR) is 55.0 cm³/mol. The molecule has 1 aromatic rings. The van der Waals surface area contributed by atoms with Gasteiger partial charge in [0.1, 0.15) is 16.5 Å². The highest BCUT2D eigenvalue weighted by atomic mass is 35.5. The molecule has 9 heteroatoms. The number of nitrogens with one attached hydrogen (secondary N) is 2. The second kappa shape index (κ2) is 3.54. The Morgan fingerprint density at radius 2 is 2.06 bits per heavy atom. The van der Waals surface area contributed by atoms with Crippen LogP contribution < -0.4 is 9.46 Å². The number of alkyl halides is 3. The first-order valence-corrected chi connectivity index (χ1v) is 6.07. The van der Waals surface area contributed by atoms with Gasteiger partial charge in [-0.05, 0) is 12.1 Å². The Balaban J connectivity index is 2.60. The highest BCUT2D eigenvalue weighted by Crippen LogP contribution is 2.34. The standard InChI is InChI=1S/C8H5ClF2N2O3S/c9-8(10,11)16-4-2-1-3-5-6(4)7(12)13-17(5,14)15/h1-3H,(H2,12,13). The van der Waals surface area contributed by atoms with E-state index in [1.165, 1.54) is 12.1 Å². The van der Waals surface area contributed by atoms with E-state index in [9.17, 15) is 17.2 Å². The van der Waals surface area contributed by atoms with E-state index in [-0.39, 0.29) is 10.5 Å². The summed E-state index contributed by atoms with van der Waals surface area (Å²) in [6.07, 6.45) is 0. The van der Waals surface area contributed by atoms with E-state index in [1.54, 1.807) is 0 Å². The fourth-order valence-corrected chi connectivity index (χ4v) is 2.72. The SMILES string of the molecule is N=C1NS(=O)(=O)c2cccc(OC(F)(F)Cl)c21. The molecule has 2 N–H and O–H groups in total. The maximum atomic E-state index is 12.5. The predicted octanol–water partition coefficient (Wildman–Crippen LogP) is 1.47. The first-order valence-electron chi connectivity index (χ1n) is 4.21. The van der Waals surface area contributed by atoms with Crippen LogP contribution in [0.2, 0.25) is 0 Å². The number of halogens is 3. The van der Waals surface area contributed by atoms with Crippen LogP contribution in [0.5, 0.6) is 5.75 Å². The lowest BCUT2D eigenvalue weighted by molar-refractivity contribution is -0.0966. The lowest BCUT2D eigenvalue weighted by Crippen LogP contribution is -2.22. The minimum absolute atomic E-state index is 0.257. The average molecular weight is 283 g/mol. The number of sulfonamides is 1. The van der Waals surface area contributed by atoms with E-state index < -0.39 is 27.2 Å². The quantitative estimate of drug-likeness (QED) is 0.806. The van der Waals surface area contributed by atoms with Gasteiger partial charge in [-0.15, -0.1) is 8.78 Å². The molecule has 92 valence electrons. The number of rotatable bonds is 2. The van der Waals surface area contributed by atoms with Gasteiger partial charge in [0.2, 0.25) is 0 Å². The van der Waals surface area contributed by atoms with E-state index in [1.807, 2.05) is 4.72 Å². The summed E-state index contributed by atoms with van der Waals surface area (Å²) in [5.41, 5.74) is -4.23. The van der Waals surface area contributed by atoms with Crippen molar-refractivity contribution in [3.63, 3.8) is 0 Å². The second-order valence-corrected chi connectivity index (χ2v) is 5.25. The zero-order valence-corrected chi connectivity index (χ0v) is 9.57. The smallest absolute Gasteiger partial charge is 0.419 e. The van der Waals surface area contributed by atoms with Crippen molar-refractivity contribution in [1.29, 1.82) is 5.41 Å². The fraction of sp³-hybridized carbons (Fsp3) is 0.125. The van der Waals surface area contributed by atoms with Gasteiger partial charge in [0, 0.05) is 11.6 Å². The van der Waals surface area contributed by atoms with Crippen LogP contribution in [0.15, 0.2) is 23.1 Å². The van der Waals surface area contributed by atoms with Crippen molar-refractivity contribution in [2.75, 3.05) is 0 Å². The van der Waals surface area contributed by atoms with Crippen LogP contribution in [0, 0.1) is 5.41 Å². The van der Waals surface area contributed by atoms with Crippen LogP contribution in [-0.4, -0.2) is 19.8 Å². The molecule has 0 fully saturated rings. The summed E-state index contributed by atoms with van der Waals surface area (Å²) in [5, 5.41) is 7.38. The molecular formula is C8H5ClF2N2O3S. The first kappa shape index (κ1) is 12.1. The van der Waals surface area contributed by atoms with Gasteiger partial charge >= 0.3 is 5.57 Å². The lowest BCUT2D eigenvalue weighted by atomic mass is 10.2. The Bertz CT molecular complexity index is 597. The van der Waals surface area contributed by atoms with Crippen LogP contribution in [0.3, 0.4) is 0 Å². The van der Waals surface area contributed by atoms with Gasteiger partial charge in [-0.1, -0.05) is 6.07 Å². The van der Waals surface area contributed by atoms with Crippen molar-refractivity contribution in [2.24, 2.45) is 0 Å². The Morgan fingerprint density at radius 3 is 2.65 bits per heavy atom. The number of amidine groups is 1. The first-order chi connectivity index (χ1) is 7.71. The largest absolute Gasteiger partial charge is 0.487 e. The van der Waals surface area contributed by atoms with E-state index >= 15 is 0 Å². The summed E-state index contributed by atoms with van der Waals surface area (Å²) in [5.74, 6) is -1.00. The topological polar surface area (TPSA) is 79.3 Å². The monoisotopic (exact) mass is 282 g/mol. The van der Waals surface area contributed by atoms with Gasteiger partial charge in [0.15, 0.2) is 0 Å². The third-order valence-corrected chi connectivity index (χ3v) is 3.46. The van der Waals surface area contributed by atoms with E-state index in [0.29, 0.717) is 0 Å². The lowest BCUT2D eigenvalue weighted by Gasteiger charge is -2.12. The maximum absolute atomic E-state index is 12.5. The van der Waals surface area contributed by atoms with Crippen molar-refractivity contribution in [2.45, 2.75) is 10.5 Å². The van der Waals surface area contributed by atoms with Gasteiger partial charge in [-0.2, -0.15) is 0 Å². The molecule has 0 unspecified atom stereocenters. The van der Waals surface area contributed by atoms with Gasteiger partial charge in [-0.3, -0.25) is 10.1 Å². The van der Waals surface area contributed by atoms with Crippen LogP contribution in [0.4, 0.5) is 8.78 Å². The number of hydrogen-bond acceptors (Lipinski definition) is 4. The molecule has 0 amide bonds. The average Bonchev–Trinajstić information content (AvgIpc) is 2.35. The van der Waals surface area contributed by atoms with Crippen LogP contribution in [0.1, 0.15) is 5.56 Å². The Kier molecular flexibility index (Phi) is 2.51. The minimum Gasteiger partial charge on any atom is -0.419 e. The zero-order chi connectivity index (χ0) is 12.8. The molecule has 0 bridgehead atoms. The van der Waals surface area contributed by atoms with Crippen molar-refractivity contribution in [3.05, 3.63) is 23.8 Å². The second-order valence-electron chi connectivity index (χ2n) is 3.16. The number of benzene rings is 1. The number of fused-ring (bicyclic) bond motifs is 1. The minimum atomic E-state index is -3.97. The molecule has 1 aliphatic rings. The van der Waals surface area contributed by atoms with Gasteiger partial charge in [0.25, 0.3) is 10.0 Å². The third-order valence-electron chi connectivity index (χ3n) is 1.99. The molecule has 2 rings (SSSR count). The van der Waals surface area contributed by atoms with Crippen LogP contribution >= 0.6 is 11.6 Å². The highest BCUT2D eigenvalue weighted by Gasteiger charge is 2.36. The normalized spacial score (nSPS) is 17.5. The van der Waals surface area contributed by atoms with Gasteiger partial charge in [-0.25, -0.2) is 8.42 Å². The van der Waals surface area contributed by atoms with Crippen molar-refractivity contribution in [3.8, 4) is 5.75 Å². The number of hydrogen-bond donors (Lipinski definition) is 2. The molecule has 0 atom stereocenters. The molecule has 1 heterocycles. The Hall–Kier alpha value is -1.41. The zero-order valence-electron chi connectivity index (χ0n) is 8.00. The van der Waals surface area contributed by atoms with Gasteiger partial charge < -0.3 is 4.74 Å². The van der Waals surface area contributed by atoms with Gasteiger partial charge in [0.05, 0.1) is 5.56 Å². The van der Waals surface area contributed by atoms with Crippen LogP contribution in [-0.2, 0) is 10.0 Å². The van der Waals surface area contributed by atoms with Crippen LogP contribution in [0.25, 0.3) is 0 Å². The Labute approximate surface area is 99.9 Å². The molecule has 5 nitrogen and oxygen atoms in total. The molecule has 0 saturated heterocycles. The molecule has 0 aromatic heterocycles. The molecule has 0 spiro atoms. The molecule has 0 radical (unpaired) electrons. The van der Waals surface area contributed by atoms with Crippen molar-refractivity contribution in [1.82, 2.24) is 4.72 Å². The van der Waals surface area contributed by atoms with E-state index in [0.717, 1.165) is 6.07 Å². The van der Waals surface area contributed by atoms with E-state index in [2.05, 4.69) is 16.3 Å². The highest BCUT2D eigenvalue weighted by molar-refractivity contribution is 7.90. The molecule has 17 heavy (non-hydrogen) atoms. The summed E-state index contributed by atoms with van der Waals surface area (Å²) < 4.78 is 53.9. The van der Waals surface area contributed by atoms with Crippen molar-refractivity contribution >= 4 is 27.5 Å². The summed E-state index contributed by atoms with van der Waals surface area (Å²) >= 11 is 4.59. The molecule has 0 aliphatic carbocycles. The summed E-state index contributed by atoms with van der Waals surface area (Å²) in [4.78, 5) is -0.291. The molecular weight excluding hydrogens is 278 g/mol. The molecule has 1 aromatic carbocycles. The fourth-order valence-electron chi connectivity index (χ4n) is 1.43. The maximum Gasteiger partial charge on any atom is 0.487 e. The number of ether oxygens (including phenoxy) is 1. The molecule has 1 aliphatic heterocycles. The summed E-state index contributed by atoms with van der Waals surface area (Å²) in [7, 11) is -3.88. The van der Waals surface area contributed by atoms with E-state index in [4.69, 9.17) is 5.41 Å².